The summed E-state index contributed by atoms with van der Waals surface area (Å²) in [6.45, 7) is 5.19. The number of hydrogen-bond acceptors (Lipinski definition) is 5. The Hall–Kier alpha value is -2.44. The van der Waals surface area contributed by atoms with E-state index in [9.17, 15) is 9.59 Å². The molecule has 0 aliphatic rings. The number of pyridine rings is 1. The fraction of sp³-hybridized carbons (Fsp3) is 0.385. The molecule has 0 radical (unpaired) electrons. The van der Waals surface area contributed by atoms with Crippen molar-refractivity contribution in [2.45, 2.75) is 26.8 Å². The minimum Gasteiger partial charge on any atom is -0.480 e. The first-order valence-corrected chi connectivity index (χ1v) is 6.16. The van der Waals surface area contributed by atoms with Gasteiger partial charge in [0.1, 0.15) is 6.04 Å². The second-order valence-corrected chi connectivity index (χ2v) is 4.88. The third kappa shape index (κ3) is 2.61. The number of nitrogens with zero attached hydrogens (tertiary/aromatic N) is 2. The van der Waals surface area contributed by atoms with Crippen LogP contribution in [-0.4, -0.2) is 33.2 Å². The van der Waals surface area contributed by atoms with Crippen LogP contribution in [0.4, 0.5) is 0 Å². The van der Waals surface area contributed by atoms with E-state index in [-0.39, 0.29) is 11.5 Å². The predicted octanol–water partition coefficient (Wildman–Crippen LogP) is 1.37. The molecule has 0 unspecified atom stereocenters. The number of aromatic nitrogens is 2. The van der Waals surface area contributed by atoms with Gasteiger partial charge in [-0.3, -0.25) is 4.79 Å². The molecule has 2 aromatic heterocycles. The van der Waals surface area contributed by atoms with E-state index < -0.39 is 17.9 Å². The lowest BCUT2D eigenvalue weighted by atomic mass is 10.0. The third-order valence-electron chi connectivity index (χ3n) is 2.99. The number of carboxylic acids is 1. The minimum absolute atomic E-state index is 0.217. The Morgan fingerprint density at radius 1 is 1.40 bits per heavy atom. The summed E-state index contributed by atoms with van der Waals surface area (Å²) in [5, 5.41) is 15.9. The van der Waals surface area contributed by atoms with Crippen molar-refractivity contribution in [3.8, 4) is 0 Å². The first-order chi connectivity index (χ1) is 9.40. The number of hydrogen-bond donors (Lipinski definition) is 2. The lowest BCUT2D eigenvalue weighted by Crippen LogP contribution is -2.44. The van der Waals surface area contributed by atoms with E-state index in [4.69, 9.17) is 9.63 Å². The summed E-state index contributed by atoms with van der Waals surface area (Å²) in [5.74, 6) is -1.77. The number of carboxylic acid groups (broad SMARTS) is 1. The van der Waals surface area contributed by atoms with Crippen LogP contribution in [0.15, 0.2) is 16.8 Å². The number of carbonyl (C=O) groups excluding carboxylic acids is 1. The highest BCUT2D eigenvalue weighted by molar-refractivity contribution is 5.98. The van der Waals surface area contributed by atoms with Gasteiger partial charge >= 0.3 is 5.97 Å². The Balaban J connectivity index is 2.26. The van der Waals surface area contributed by atoms with Gasteiger partial charge in [-0.05, 0) is 18.9 Å². The largest absolute Gasteiger partial charge is 0.480 e. The van der Waals surface area contributed by atoms with Crippen LogP contribution in [0.2, 0.25) is 0 Å². The lowest BCUT2D eigenvalue weighted by molar-refractivity contribution is -0.140. The van der Waals surface area contributed by atoms with E-state index in [0.29, 0.717) is 16.8 Å². The smallest absolute Gasteiger partial charge is 0.326 e. The normalized spacial score (nSPS) is 12.6. The molecular weight excluding hydrogens is 262 g/mol. The molecule has 106 valence electrons. The number of aryl methyl sites for hydroxylation is 1. The molecule has 0 fully saturated rings. The van der Waals surface area contributed by atoms with Crippen LogP contribution in [0, 0.1) is 12.8 Å². The van der Waals surface area contributed by atoms with Gasteiger partial charge in [0.2, 0.25) is 0 Å². The maximum atomic E-state index is 12.1. The standard InChI is InChI=1S/C13H15N3O4/c1-6(2)10(13(18)19)15-11(17)8-4-9-7(3)16-20-12(9)14-5-8/h4-6,10H,1-3H3,(H,15,17)(H,18,19)/t10-/m1/s1. The highest BCUT2D eigenvalue weighted by Gasteiger charge is 2.24. The molecule has 0 aromatic carbocycles. The summed E-state index contributed by atoms with van der Waals surface area (Å²) < 4.78 is 4.95. The molecular formula is C13H15N3O4. The van der Waals surface area contributed by atoms with Gasteiger partial charge < -0.3 is 14.9 Å². The molecule has 7 nitrogen and oxygen atoms in total. The summed E-state index contributed by atoms with van der Waals surface area (Å²) in [5.41, 5.74) is 1.24. The molecule has 1 amide bonds. The summed E-state index contributed by atoms with van der Waals surface area (Å²) in [4.78, 5) is 27.1. The summed E-state index contributed by atoms with van der Waals surface area (Å²) >= 11 is 0. The van der Waals surface area contributed by atoms with Crippen LogP contribution in [0.1, 0.15) is 29.9 Å². The summed E-state index contributed by atoms with van der Waals surface area (Å²) in [6, 6.07) is 0.643. The molecule has 0 spiro atoms. The van der Waals surface area contributed by atoms with Crippen molar-refractivity contribution < 1.29 is 19.2 Å². The number of rotatable bonds is 4. The van der Waals surface area contributed by atoms with Gasteiger partial charge in [-0.2, -0.15) is 0 Å². The number of fused-ring (bicyclic) bond motifs is 1. The Labute approximate surface area is 115 Å². The zero-order valence-corrected chi connectivity index (χ0v) is 11.4. The Bertz CT molecular complexity index is 663. The first-order valence-electron chi connectivity index (χ1n) is 6.16. The number of amides is 1. The van der Waals surface area contributed by atoms with E-state index in [1.54, 1.807) is 26.8 Å². The molecule has 2 rings (SSSR count). The molecule has 7 heteroatoms. The van der Waals surface area contributed by atoms with Gasteiger partial charge in [0.25, 0.3) is 11.6 Å². The lowest BCUT2D eigenvalue weighted by Gasteiger charge is -2.17. The number of aliphatic carboxylic acids is 1. The topological polar surface area (TPSA) is 105 Å². The van der Waals surface area contributed by atoms with Crippen LogP contribution in [0.3, 0.4) is 0 Å². The summed E-state index contributed by atoms with van der Waals surface area (Å²) in [6.07, 6.45) is 1.33. The molecule has 2 aromatic rings. The molecule has 0 aliphatic heterocycles. The van der Waals surface area contributed by atoms with Gasteiger partial charge in [-0.1, -0.05) is 19.0 Å². The maximum Gasteiger partial charge on any atom is 0.326 e. The monoisotopic (exact) mass is 277 g/mol. The minimum atomic E-state index is -1.07. The fourth-order valence-electron chi connectivity index (χ4n) is 1.81. The second kappa shape index (κ2) is 5.28. The van der Waals surface area contributed by atoms with Crippen molar-refractivity contribution in [2.75, 3.05) is 0 Å². The van der Waals surface area contributed by atoms with Crippen LogP contribution in [0.5, 0.6) is 0 Å². The zero-order valence-electron chi connectivity index (χ0n) is 11.4. The second-order valence-electron chi connectivity index (χ2n) is 4.88. The molecule has 0 saturated heterocycles. The van der Waals surface area contributed by atoms with Gasteiger partial charge in [0, 0.05) is 6.20 Å². The molecule has 2 N–H and O–H groups in total. The Morgan fingerprint density at radius 3 is 2.70 bits per heavy atom. The highest BCUT2D eigenvalue weighted by Crippen LogP contribution is 2.17. The fourth-order valence-corrected chi connectivity index (χ4v) is 1.81. The first kappa shape index (κ1) is 14.0. The van der Waals surface area contributed by atoms with E-state index in [1.807, 2.05) is 0 Å². The molecule has 20 heavy (non-hydrogen) atoms. The van der Waals surface area contributed by atoms with Crippen molar-refractivity contribution in [3.05, 3.63) is 23.5 Å². The van der Waals surface area contributed by atoms with Gasteiger partial charge in [-0.25, -0.2) is 9.78 Å². The van der Waals surface area contributed by atoms with Crippen LogP contribution in [0.25, 0.3) is 11.1 Å². The SMILES string of the molecule is Cc1noc2ncc(C(=O)N[C@@H](C(=O)O)C(C)C)cc12. The highest BCUT2D eigenvalue weighted by atomic mass is 16.5. The number of carbonyl (C=O) groups is 2. The van der Waals surface area contributed by atoms with Crippen molar-refractivity contribution in [1.29, 1.82) is 0 Å². The Kier molecular flexibility index (Phi) is 3.69. The van der Waals surface area contributed by atoms with Gasteiger partial charge in [0.15, 0.2) is 0 Å². The molecule has 0 aliphatic carbocycles. The van der Waals surface area contributed by atoms with E-state index >= 15 is 0 Å². The van der Waals surface area contributed by atoms with E-state index in [2.05, 4.69) is 15.5 Å². The third-order valence-corrected chi connectivity index (χ3v) is 2.99. The number of nitrogens with one attached hydrogen (secondary N) is 1. The molecule has 1 atom stereocenters. The van der Waals surface area contributed by atoms with E-state index in [1.165, 1.54) is 6.20 Å². The molecule has 0 bridgehead atoms. The van der Waals surface area contributed by atoms with E-state index in [0.717, 1.165) is 0 Å². The summed E-state index contributed by atoms with van der Waals surface area (Å²) in [7, 11) is 0. The van der Waals surface area contributed by atoms with Gasteiger partial charge in [0.05, 0.1) is 16.6 Å². The van der Waals surface area contributed by atoms with Crippen molar-refractivity contribution in [3.63, 3.8) is 0 Å². The average Bonchev–Trinajstić information content (AvgIpc) is 2.76. The molecule has 0 saturated carbocycles. The molecule has 2 heterocycles. The Morgan fingerprint density at radius 2 is 2.10 bits per heavy atom. The van der Waals surface area contributed by atoms with Crippen molar-refractivity contribution in [1.82, 2.24) is 15.5 Å². The van der Waals surface area contributed by atoms with Crippen LogP contribution in [-0.2, 0) is 4.79 Å². The maximum absolute atomic E-state index is 12.1. The van der Waals surface area contributed by atoms with Gasteiger partial charge in [-0.15, -0.1) is 0 Å². The zero-order chi connectivity index (χ0) is 14.9. The van der Waals surface area contributed by atoms with Crippen LogP contribution >= 0.6 is 0 Å². The average molecular weight is 277 g/mol. The predicted molar refractivity (Wildman–Crippen MR) is 70.3 cm³/mol. The van der Waals surface area contributed by atoms with Crippen LogP contribution < -0.4 is 5.32 Å². The van der Waals surface area contributed by atoms with Crippen molar-refractivity contribution >= 4 is 23.0 Å². The van der Waals surface area contributed by atoms with Crippen molar-refractivity contribution in [2.24, 2.45) is 5.92 Å². The quantitative estimate of drug-likeness (QED) is 0.874.